The summed E-state index contributed by atoms with van der Waals surface area (Å²) in [5.41, 5.74) is 0. The van der Waals surface area contributed by atoms with Crippen LogP contribution in [0.15, 0.2) is 0 Å². The Bertz CT molecular complexity index is 77.0. The fourth-order valence-electron chi connectivity index (χ4n) is 1.10. The second-order valence-electron chi connectivity index (χ2n) is 2.32. The third-order valence-electron chi connectivity index (χ3n) is 1.64. The average Bonchev–Trinajstić information content (AvgIpc) is 1.90. The van der Waals surface area contributed by atoms with Gasteiger partial charge in [0.2, 0.25) is 0 Å². The largest absolute Gasteiger partial charge is 0.319 e. The van der Waals surface area contributed by atoms with Crippen LogP contribution in [0.5, 0.6) is 0 Å². The quantitative estimate of drug-likeness (QED) is 0.370. The molecule has 0 N–H and O–H groups in total. The number of aldehydes is 1. The minimum Gasteiger partial charge on any atom is -0.319 e. The van der Waals surface area contributed by atoms with Gasteiger partial charge in [-0.2, -0.15) is 6.42 Å². The van der Waals surface area contributed by atoms with Crippen LogP contribution in [0.4, 0.5) is 0 Å². The van der Waals surface area contributed by atoms with Crippen molar-refractivity contribution in [1.82, 2.24) is 0 Å². The van der Waals surface area contributed by atoms with Crippen molar-refractivity contribution in [3.8, 4) is 0 Å². The van der Waals surface area contributed by atoms with Crippen molar-refractivity contribution in [2.24, 2.45) is 5.92 Å². The molecule has 0 bridgehead atoms. The van der Waals surface area contributed by atoms with Crippen molar-refractivity contribution < 1.29 is 25.2 Å². The molecule has 9 heavy (non-hydrogen) atoms. The molecule has 0 radical (unpaired) electrons. The van der Waals surface area contributed by atoms with Crippen molar-refractivity contribution in [3.63, 3.8) is 0 Å². The Kier molecular flexibility index (Phi) is 5.33. The van der Waals surface area contributed by atoms with Gasteiger partial charge in [0.1, 0.15) is 0 Å². The molecule has 0 saturated heterocycles. The van der Waals surface area contributed by atoms with E-state index in [2.05, 4.69) is 6.42 Å². The van der Waals surface area contributed by atoms with Crippen molar-refractivity contribution >= 4 is 6.29 Å². The van der Waals surface area contributed by atoms with E-state index in [1.165, 1.54) is 12.8 Å². The maximum absolute atomic E-state index is 10.1. The Balaban J connectivity index is 0.000000640. The molecule has 0 aliphatic heterocycles. The summed E-state index contributed by atoms with van der Waals surface area (Å²) in [4.78, 5) is 10.1. The van der Waals surface area contributed by atoms with E-state index in [0.717, 1.165) is 19.1 Å². The molecule has 1 nitrogen and oxygen atoms in total. The Morgan fingerprint density at radius 1 is 1.44 bits per heavy atom. The van der Waals surface area contributed by atoms with Crippen LogP contribution >= 0.6 is 0 Å². The van der Waals surface area contributed by atoms with Crippen LogP contribution in [0, 0.1) is 12.3 Å². The normalized spacial score (nSPS) is 26.4. The first-order valence-corrected chi connectivity index (χ1v) is 3.22. The zero-order valence-corrected chi connectivity index (χ0v) is 6.84. The summed E-state index contributed by atoms with van der Waals surface area (Å²) in [5.74, 6) is 0.281. The van der Waals surface area contributed by atoms with Gasteiger partial charge in [0.05, 0.1) is 6.29 Å². The van der Waals surface area contributed by atoms with E-state index in [1.54, 1.807) is 0 Å². The van der Waals surface area contributed by atoms with Gasteiger partial charge < -0.3 is 11.2 Å². The summed E-state index contributed by atoms with van der Waals surface area (Å²) < 4.78 is 0. The standard InChI is InChI=1S/C7H11O.Pd/c8-6-7-4-2-1-3-5-7;/h4,6-7H,1-3,5H2;/q-1;. The van der Waals surface area contributed by atoms with Crippen LogP contribution in [0.1, 0.15) is 25.7 Å². The SMILES string of the molecule is O=CC1[CH-]CCCC1.[Pd]. The Morgan fingerprint density at radius 2 is 2.22 bits per heavy atom. The van der Waals surface area contributed by atoms with Crippen molar-refractivity contribution in [1.29, 1.82) is 0 Å². The number of carbonyl (C=O) groups excluding carboxylic acids is 1. The number of carbonyl (C=O) groups is 1. The van der Waals surface area contributed by atoms with Crippen LogP contribution in [0.25, 0.3) is 0 Å². The summed E-state index contributed by atoms with van der Waals surface area (Å²) >= 11 is 0. The molecule has 0 amide bonds. The Labute approximate surface area is 69.9 Å². The number of rotatable bonds is 1. The van der Waals surface area contributed by atoms with Crippen LogP contribution in [0.3, 0.4) is 0 Å². The third-order valence-corrected chi connectivity index (χ3v) is 1.64. The maximum atomic E-state index is 10.1. The van der Waals surface area contributed by atoms with Gasteiger partial charge in [-0.25, -0.2) is 0 Å². The van der Waals surface area contributed by atoms with E-state index in [-0.39, 0.29) is 26.3 Å². The fourth-order valence-corrected chi connectivity index (χ4v) is 1.10. The van der Waals surface area contributed by atoms with E-state index in [1.807, 2.05) is 0 Å². The van der Waals surface area contributed by atoms with E-state index in [9.17, 15) is 4.79 Å². The molecule has 1 aliphatic carbocycles. The smallest absolute Gasteiger partial charge is 0.0930 e. The number of hydrogen-bond donors (Lipinski definition) is 0. The van der Waals surface area contributed by atoms with Gasteiger partial charge in [-0.3, -0.25) is 0 Å². The topological polar surface area (TPSA) is 17.1 Å². The fraction of sp³-hybridized carbons (Fsp3) is 0.714. The minimum absolute atomic E-state index is 0. The van der Waals surface area contributed by atoms with Gasteiger partial charge in [0, 0.05) is 20.4 Å². The molecule has 1 unspecified atom stereocenters. The van der Waals surface area contributed by atoms with Gasteiger partial charge in [0.15, 0.2) is 0 Å². The van der Waals surface area contributed by atoms with Crippen LogP contribution in [0.2, 0.25) is 0 Å². The van der Waals surface area contributed by atoms with E-state index in [0.29, 0.717) is 0 Å². The van der Waals surface area contributed by atoms with Crippen molar-refractivity contribution in [2.45, 2.75) is 25.7 Å². The molecule has 0 heterocycles. The summed E-state index contributed by atoms with van der Waals surface area (Å²) in [6, 6.07) is 0. The zero-order valence-electron chi connectivity index (χ0n) is 5.28. The second kappa shape index (κ2) is 5.14. The zero-order chi connectivity index (χ0) is 5.82. The molecule has 1 atom stereocenters. The molecule has 1 rings (SSSR count). The molecule has 56 valence electrons. The molecule has 0 aromatic carbocycles. The predicted octanol–water partition coefficient (Wildman–Crippen LogP) is 1.58. The van der Waals surface area contributed by atoms with Crippen LogP contribution in [-0.2, 0) is 25.2 Å². The molecule has 0 aromatic heterocycles. The monoisotopic (exact) mass is 217 g/mol. The molecule has 1 aliphatic rings. The van der Waals surface area contributed by atoms with Gasteiger partial charge in [-0.05, 0) is 0 Å². The Morgan fingerprint density at radius 3 is 2.56 bits per heavy atom. The van der Waals surface area contributed by atoms with Gasteiger partial charge in [-0.1, -0.05) is 19.3 Å². The molecule has 0 aromatic rings. The predicted molar refractivity (Wildman–Crippen MR) is 32.3 cm³/mol. The van der Waals surface area contributed by atoms with Crippen LogP contribution in [-0.4, -0.2) is 6.29 Å². The van der Waals surface area contributed by atoms with Gasteiger partial charge >= 0.3 is 0 Å². The van der Waals surface area contributed by atoms with E-state index < -0.39 is 0 Å². The first kappa shape index (κ1) is 9.33. The maximum Gasteiger partial charge on any atom is 0.0930 e. The Hall–Kier alpha value is 0.332. The van der Waals surface area contributed by atoms with Gasteiger partial charge in [-0.15, -0.1) is 5.92 Å². The van der Waals surface area contributed by atoms with E-state index >= 15 is 0 Å². The molecule has 1 saturated carbocycles. The molecular formula is C7H11OPd-. The first-order chi connectivity index (χ1) is 3.93. The first-order valence-electron chi connectivity index (χ1n) is 3.22. The second-order valence-corrected chi connectivity index (χ2v) is 2.32. The molecule has 0 spiro atoms. The molecule has 2 heteroatoms. The van der Waals surface area contributed by atoms with Crippen molar-refractivity contribution in [2.75, 3.05) is 0 Å². The average molecular weight is 218 g/mol. The molecule has 1 fully saturated rings. The molecular weight excluding hydrogens is 206 g/mol. The summed E-state index contributed by atoms with van der Waals surface area (Å²) in [5, 5.41) is 0. The van der Waals surface area contributed by atoms with Crippen LogP contribution < -0.4 is 0 Å². The minimum atomic E-state index is 0. The van der Waals surface area contributed by atoms with Crippen molar-refractivity contribution in [3.05, 3.63) is 6.42 Å². The third kappa shape index (κ3) is 3.13. The van der Waals surface area contributed by atoms with Gasteiger partial charge in [0.25, 0.3) is 0 Å². The summed E-state index contributed by atoms with van der Waals surface area (Å²) in [7, 11) is 0. The van der Waals surface area contributed by atoms with E-state index in [4.69, 9.17) is 0 Å². The number of hydrogen-bond acceptors (Lipinski definition) is 1. The summed E-state index contributed by atoms with van der Waals surface area (Å²) in [6.45, 7) is 0. The summed E-state index contributed by atoms with van der Waals surface area (Å²) in [6.07, 6.45) is 7.92.